The lowest BCUT2D eigenvalue weighted by molar-refractivity contribution is -0.402. The Labute approximate surface area is 92.2 Å². The number of rotatable bonds is 6. The van der Waals surface area contributed by atoms with Gasteiger partial charge in [0.1, 0.15) is 10.7 Å². The van der Waals surface area contributed by atoms with E-state index in [1.54, 1.807) is 17.8 Å². The Bertz CT molecular complexity index is 325. The Morgan fingerprint density at radius 1 is 1.67 bits per heavy atom. The van der Waals surface area contributed by atoms with E-state index in [9.17, 15) is 10.1 Å². The number of thioether (sulfide) groups is 1. The average Bonchev–Trinajstić information content (AvgIpc) is 2.60. The summed E-state index contributed by atoms with van der Waals surface area (Å²) in [6.07, 6.45) is 0.938. The second kappa shape index (κ2) is 5.77. The molecule has 0 bridgehead atoms. The minimum absolute atomic E-state index is 0.196. The first-order valence-electron chi connectivity index (χ1n) is 4.66. The molecule has 0 fully saturated rings. The first-order valence-corrected chi connectivity index (χ1v) is 5.81. The number of nitrogens with zero attached hydrogens (tertiary/aromatic N) is 1. The third kappa shape index (κ3) is 4.35. The lowest BCUT2D eigenvalue weighted by Gasteiger charge is -2.02. The summed E-state index contributed by atoms with van der Waals surface area (Å²) in [6, 6.07) is 3.21. The van der Waals surface area contributed by atoms with E-state index in [4.69, 9.17) is 10.2 Å². The third-order valence-corrected chi connectivity index (χ3v) is 2.80. The van der Waals surface area contributed by atoms with Gasteiger partial charge in [0.25, 0.3) is 0 Å². The van der Waals surface area contributed by atoms with Gasteiger partial charge < -0.3 is 10.2 Å². The molecule has 1 rings (SSSR count). The van der Waals surface area contributed by atoms with Gasteiger partial charge in [-0.05, 0) is 25.2 Å². The Morgan fingerprint density at radius 3 is 2.93 bits per heavy atom. The molecule has 0 aliphatic carbocycles. The molecule has 1 atom stereocenters. The second-order valence-corrected chi connectivity index (χ2v) is 4.42. The van der Waals surface area contributed by atoms with Gasteiger partial charge in [-0.1, -0.05) is 0 Å². The van der Waals surface area contributed by atoms with Gasteiger partial charge in [-0.3, -0.25) is 10.1 Å². The van der Waals surface area contributed by atoms with Crippen molar-refractivity contribution in [2.24, 2.45) is 5.73 Å². The highest BCUT2D eigenvalue weighted by atomic mass is 32.2. The lowest BCUT2D eigenvalue weighted by Crippen LogP contribution is -2.15. The molecule has 0 saturated carbocycles. The Hall–Kier alpha value is -1.01. The van der Waals surface area contributed by atoms with Gasteiger partial charge in [-0.2, -0.15) is 11.8 Å². The molecule has 1 aromatic heterocycles. The van der Waals surface area contributed by atoms with Crippen LogP contribution in [0.1, 0.15) is 19.1 Å². The molecule has 1 unspecified atom stereocenters. The van der Waals surface area contributed by atoms with Gasteiger partial charge in [-0.15, -0.1) is 0 Å². The smallest absolute Gasteiger partial charge is 0.405 e. The first-order chi connectivity index (χ1) is 7.09. The Morgan fingerprint density at radius 2 is 2.40 bits per heavy atom. The van der Waals surface area contributed by atoms with E-state index in [0.717, 1.165) is 12.2 Å². The summed E-state index contributed by atoms with van der Waals surface area (Å²) in [5.74, 6) is 2.03. The molecule has 5 nitrogen and oxygen atoms in total. The van der Waals surface area contributed by atoms with E-state index in [2.05, 4.69) is 0 Å². The van der Waals surface area contributed by atoms with Crippen LogP contribution in [-0.4, -0.2) is 16.7 Å². The monoisotopic (exact) mass is 230 g/mol. The summed E-state index contributed by atoms with van der Waals surface area (Å²) in [5.41, 5.74) is 5.59. The van der Waals surface area contributed by atoms with E-state index in [1.165, 1.54) is 6.07 Å². The second-order valence-electron chi connectivity index (χ2n) is 3.32. The van der Waals surface area contributed by atoms with Gasteiger partial charge in [0.15, 0.2) is 0 Å². The van der Waals surface area contributed by atoms with Crippen LogP contribution in [0.5, 0.6) is 0 Å². The maximum atomic E-state index is 10.3. The molecule has 84 valence electrons. The maximum absolute atomic E-state index is 10.3. The summed E-state index contributed by atoms with van der Waals surface area (Å²) in [6.45, 7) is 1.96. The minimum atomic E-state index is -0.532. The quantitative estimate of drug-likeness (QED) is 0.460. The van der Waals surface area contributed by atoms with Crippen molar-refractivity contribution in [3.05, 3.63) is 28.0 Å². The molecular formula is C9H14N2O3S. The SMILES string of the molecule is CC(N)CCSCc1ccc([N+](=O)[O-])o1. The van der Waals surface area contributed by atoms with Gasteiger partial charge in [-0.25, -0.2) is 0 Å². The van der Waals surface area contributed by atoms with Crippen LogP contribution >= 0.6 is 11.8 Å². The zero-order chi connectivity index (χ0) is 11.3. The van der Waals surface area contributed by atoms with Crippen LogP contribution in [0.2, 0.25) is 0 Å². The fourth-order valence-corrected chi connectivity index (χ4v) is 2.02. The van der Waals surface area contributed by atoms with Crippen molar-refractivity contribution in [1.82, 2.24) is 0 Å². The first kappa shape index (κ1) is 12.1. The van der Waals surface area contributed by atoms with Crippen molar-refractivity contribution in [3.63, 3.8) is 0 Å². The molecule has 0 saturated heterocycles. The van der Waals surface area contributed by atoms with Crippen LogP contribution < -0.4 is 5.73 Å². The van der Waals surface area contributed by atoms with Crippen molar-refractivity contribution in [3.8, 4) is 0 Å². The predicted molar refractivity (Wildman–Crippen MR) is 59.8 cm³/mol. The molecule has 1 aromatic rings. The highest BCUT2D eigenvalue weighted by molar-refractivity contribution is 7.98. The topological polar surface area (TPSA) is 82.3 Å². The van der Waals surface area contributed by atoms with Crippen LogP contribution in [-0.2, 0) is 5.75 Å². The average molecular weight is 230 g/mol. The number of hydrogen-bond donors (Lipinski definition) is 1. The number of furan rings is 1. The van der Waals surface area contributed by atoms with Gasteiger partial charge in [0.2, 0.25) is 0 Å². The van der Waals surface area contributed by atoms with E-state index >= 15 is 0 Å². The summed E-state index contributed by atoms with van der Waals surface area (Å²) >= 11 is 1.66. The van der Waals surface area contributed by atoms with Crippen LogP contribution in [0.25, 0.3) is 0 Å². The normalized spacial score (nSPS) is 12.7. The van der Waals surface area contributed by atoms with Crippen molar-refractivity contribution >= 4 is 17.6 Å². The van der Waals surface area contributed by atoms with E-state index in [1.807, 2.05) is 6.92 Å². The molecule has 0 amide bonds. The zero-order valence-electron chi connectivity index (χ0n) is 8.51. The van der Waals surface area contributed by atoms with Crippen molar-refractivity contribution in [1.29, 1.82) is 0 Å². The molecule has 0 spiro atoms. The fraction of sp³-hybridized carbons (Fsp3) is 0.556. The van der Waals surface area contributed by atoms with Gasteiger partial charge in [0.05, 0.1) is 11.8 Å². The summed E-state index contributed by atoms with van der Waals surface area (Å²) in [7, 11) is 0. The molecule has 0 aliphatic rings. The molecule has 0 aromatic carbocycles. The van der Waals surface area contributed by atoms with Crippen LogP contribution in [0.3, 0.4) is 0 Å². The third-order valence-electron chi connectivity index (χ3n) is 1.79. The largest absolute Gasteiger partial charge is 0.433 e. The van der Waals surface area contributed by atoms with E-state index < -0.39 is 4.92 Å². The number of nitrogens with two attached hydrogens (primary N) is 1. The van der Waals surface area contributed by atoms with E-state index in [0.29, 0.717) is 11.5 Å². The van der Waals surface area contributed by atoms with E-state index in [-0.39, 0.29) is 11.9 Å². The molecule has 0 aliphatic heterocycles. The highest BCUT2D eigenvalue weighted by Gasteiger charge is 2.11. The summed E-state index contributed by atoms with van der Waals surface area (Å²) in [4.78, 5) is 9.79. The van der Waals surface area contributed by atoms with Crippen LogP contribution in [0.4, 0.5) is 5.88 Å². The van der Waals surface area contributed by atoms with Crippen molar-refractivity contribution in [2.75, 3.05) is 5.75 Å². The predicted octanol–water partition coefficient (Wildman–Crippen LogP) is 2.16. The molecule has 0 radical (unpaired) electrons. The van der Waals surface area contributed by atoms with Crippen LogP contribution in [0, 0.1) is 10.1 Å². The molecule has 2 N–H and O–H groups in total. The Kier molecular flexibility index (Phi) is 4.64. The minimum Gasteiger partial charge on any atom is -0.405 e. The number of nitro groups is 1. The molecule has 6 heteroatoms. The maximum Gasteiger partial charge on any atom is 0.433 e. The van der Waals surface area contributed by atoms with Gasteiger partial charge in [0, 0.05) is 6.04 Å². The fourth-order valence-electron chi connectivity index (χ4n) is 0.984. The summed E-state index contributed by atoms with van der Waals surface area (Å²) < 4.78 is 5.00. The Balaban J connectivity index is 2.29. The van der Waals surface area contributed by atoms with Crippen molar-refractivity contribution < 1.29 is 9.34 Å². The van der Waals surface area contributed by atoms with Gasteiger partial charge >= 0.3 is 5.88 Å². The number of hydrogen-bond acceptors (Lipinski definition) is 5. The standard InChI is InChI=1S/C9H14N2O3S/c1-7(10)4-5-15-6-8-2-3-9(14-8)11(12)13/h2-3,7H,4-6,10H2,1H3. The lowest BCUT2D eigenvalue weighted by atomic mass is 10.3. The summed E-state index contributed by atoms with van der Waals surface area (Å²) in [5, 5.41) is 10.3. The zero-order valence-corrected chi connectivity index (χ0v) is 9.33. The molecular weight excluding hydrogens is 216 g/mol. The highest BCUT2D eigenvalue weighted by Crippen LogP contribution is 2.20. The molecule has 15 heavy (non-hydrogen) atoms. The van der Waals surface area contributed by atoms with Crippen LogP contribution in [0.15, 0.2) is 16.5 Å². The molecule has 1 heterocycles. The van der Waals surface area contributed by atoms with Crippen molar-refractivity contribution in [2.45, 2.75) is 25.1 Å².